The van der Waals surface area contributed by atoms with Gasteiger partial charge < -0.3 is 5.11 Å². The van der Waals surface area contributed by atoms with E-state index in [1.54, 1.807) is 11.3 Å². The van der Waals surface area contributed by atoms with Crippen molar-refractivity contribution in [2.45, 2.75) is 24.9 Å². The molecule has 0 radical (unpaired) electrons. The number of hydrogen-bond donors (Lipinski definition) is 1. The van der Waals surface area contributed by atoms with E-state index in [-0.39, 0.29) is 6.04 Å². The molecule has 30 heavy (non-hydrogen) atoms. The Labute approximate surface area is 180 Å². The zero-order valence-electron chi connectivity index (χ0n) is 16.6. The Morgan fingerprint density at radius 3 is 2.40 bits per heavy atom. The van der Waals surface area contributed by atoms with Crippen LogP contribution in [0.3, 0.4) is 0 Å². The van der Waals surface area contributed by atoms with Crippen molar-refractivity contribution in [3.63, 3.8) is 0 Å². The second-order valence-electron chi connectivity index (χ2n) is 7.81. The molecule has 2 atom stereocenters. The molecule has 1 N–H and O–H groups in total. The van der Waals surface area contributed by atoms with Crippen LogP contribution in [0.15, 0.2) is 84.2 Å². The van der Waals surface area contributed by atoms with Crippen molar-refractivity contribution in [3.05, 3.63) is 95.4 Å². The number of rotatable bonds is 5. The molecule has 0 spiro atoms. The van der Waals surface area contributed by atoms with E-state index >= 15 is 0 Å². The highest BCUT2D eigenvalue weighted by Gasteiger charge is 2.37. The lowest BCUT2D eigenvalue weighted by Gasteiger charge is -2.32. The van der Waals surface area contributed by atoms with E-state index < -0.39 is 12.0 Å². The van der Waals surface area contributed by atoms with Gasteiger partial charge in [0.2, 0.25) is 0 Å². The lowest BCUT2D eigenvalue weighted by Crippen LogP contribution is -2.39. The number of fused-ring (bicyclic) bond motifs is 1. The van der Waals surface area contributed by atoms with Crippen LogP contribution in [0.2, 0.25) is 0 Å². The Hall–Kier alpha value is -2.95. The monoisotopic (exact) mass is 413 g/mol. The summed E-state index contributed by atoms with van der Waals surface area (Å²) in [4.78, 5) is 14.2. The largest absolute Gasteiger partial charge is 0.480 e. The van der Waals surface area contributed by atoms with E-state index in [4.69, 9.17) is 0 Å². The first-order chi connectivity index (χ1) is 14.7. The summed E-state index contributed by atoms with van der Waals surface area (Å²) >= 11 is 1.73. The number of carbonyl (C=O) groups is 1. The summed E-state index contributed by atoms with van der Waals surface area (Å²) in [5, 5.41) is 13.3. The molecule has 0 amide bonds. The van der Waals surface area contributed by atoms with Gasteiger partial charge in [-0.15, -0.1) is 11.3 Å². The predicted molar refractivity (Wildman–Crippen MR) is 123 cm³/mol. The molecule has 0 aliphatic carbocycles. The van der Waals surface area contributed by atoms with Crippen LogP contribution in [0, 0.1) is 0 Å². The van der Waals surface area contributed by atoms with Gasteiger partial charge in [0.05, 0.1) is 6.04 Å². The van der Waals surface area contributed by atoms with Gasteiger partial charge in [-0.2, -0.15) is 0 Å². The topological polar surface area (TPSA) is 40.5 Å². The molecule has 0 saturated carbocycles. The third-order valence-electron chi connectivity index (χ3n) is 6.05. The number of hydrogen-bond acceptors (Lipinski definition) is 3. The summed E-state index contributed by atoms with van der Waals surface area (Å²) in [5.74, 6) is -0.724. The van der Waals surface area contributed by atoms with Gasteiger partial charge in [-0.25, -0.2) is 0 Å². The number of likely N-dealkylation sites (tertiary alicyclic amines) is 1. The van der Waals surface area contributed by atoms with Gasteiger partial charge in [0.15, 0.2) is 0 Å². The van der Waals surface area contributed by atoms with Gasteiger partial charge in [0, 0.05) is 11.2 Å². The Balaban J connectivity index is 1.60. The van der Waals surface area contributed by atoms with Gasteiger partial charge in [-0.05, 0) is 51.9 Å². The molecule has 1 aliphatic heterocycles. The minimum Gasteiger partial charge on any atom is -0.480 e. The maximum atomic E-state index is 12.0. The Morgan fingerprint density at radius 1 is 0.933 bits per heavy atom. The van der Waals surface area contributed by atoms with Crippen molar-refractivity contribution in [3.8, 4) is 11.1 Å². The lowest BCUT2D eigenvalue weighted by atomic mass is 9.94. The van der Waals surface area contributed by atoms with E-state index in [0.29, 0.717) is 6.42 Å². The van der Waals surface area contributed by atoms with Crippen LogP contribution in [-0.2, 0) is 4.79 Å². The van der Waals surface area contributed by atoms with E-state index in [2.05, 4.69) is 70.9 Å². The molecular weight excluding hydrogens is 390 g/mol. The smallest absolute Gasteiger partial charge is 0.320 e. The second-order valence-corrected chi connectivity index (χ2v) is 8.72. The highest BCUT2D eigenvalue weighted by atomic mass is 32.1. The fourth-order valence-electron chi connectivity index (χ4n) is 4.61. The number of carboxylic acids is 1. The van der Waals surface area contributed by atoms with Crippen LogP contribution in [-0.4, -0.2) is 28.6 Å². The predicted octanol–water partition coefficient (Wildman–Crippen LogP) is 6.21. The van der Waals surface area contributed by atoms with Crippen LogP contribution in [0.25, 0.3) is 21.2 Å². The molecule has 150 valence electrons. The molecule has 2 unspecified atom stereocenters. The van der Waals surface area contributed by atoms with Crippen LogP contribution >= 0.6 is 11.3 Å². The van der Waals surface area contributed by atoms with Crippen LogP contribution in [0.4, 0.5) is 0 Å². The average molecular weight is 414 g/mol. The fourth-order valence-corrected chi connectivity index (χ4v) is 5.59. The first kappa shape index (κ1) is 19.0. The highest BCUT2D eigenvalue weighted by Crippen LogP contribution is 2.40. The second kappa shape index (κ2) is 8.05. The maximum absolute atomic E-state index is 12.0. The summed E-state index contributed by atoms with van der Waals surface area (Å²) < 4.78 is 1.24. The minimum atomic E-state index is -0.724. The number of carboxylic acid groups (broad SMARTS) is 1. The molecule has 5 rings (SSSR count). The SMILES string of the molecule is O=C(O)C1CCCN1C(c1ccc(-c2ccccc2)cc1)c1csc2ccccc12. The maximum Gasteiger partial charge on any atom is 0.320 e. The van der Waals surface area contributed by atoms with Crippen LogP contribution in [0.1, 0.15) is 30.0 Å². The van der Waals surface area contributed by atoms with Crippen LogP contribution in [0.5, 0.6) is 0 Å². The zero-order chi connectivity index (χ0) is 20.5. The van der Waals surface area contributed by atoms with E-state index in [1.807, 2.05) is 18.2 Å². The summed E-state index contributed by atoms with van der Waals surface area (Å²) in [6, 6.07) is 26.9. The quantitative estimate of drug-likeness (QED) is 0.423. The lowest BCUT2D eigenvalue weighted by molar-refractivity contribution is -0.142. The van der Waals surface area contributed by atoms with E-state index in [0.717, 1.165) is 18.5 Å². The highest BCUT2D eigenvalue weighted by molar-refractivity contribution is 7.17. The molecule has 3 aromatic carbocycles. The molecular formula is C26H23NO2S. The summed E-state index contributed by atoms with van der Waals surface area (Å²) in [6.07, 6.45) is 1.62. The first-order valence-corrected chi connectivity index (χ1v) is 11.2. The van der Waals surface area contributed by atoms with Gasteiger partial charge in [0.1, 0.15) is 6.04 Å². The number of nitrogens with zero attached hydrogens (tertiary/aromatic N) is 1. The molecule has 0 bridgehead atoms. The molecule has 1 aliphatic rings. The van der Waals surface area contributed by atoms with Gasteiger partial charge in [-0.1, -0.05) is 72.8 Å². The number of aliphatic carboxylic acids is 1. The van der Waals surface area contributed by atoms with E-state index in [1.165, 1.54) is 26.8 Å². The van der Waals surface area contributed by atoms with Crippen LogP contribution < -0.4 is 0 Å². The van der Waals surface area contributed by atoms with E-state index in [9.17, 15) is 9.90 Å². The van der Waals surface area contributed by atoms with Crippen molar-refractivity contribution in [2.75, 3.05) is 6.54 Å². The number of thiophene rings is 1. The molecule has 1 aromatic heterocycles. The van der Waals surface area contributed by atoms with Crippen molar-refractivity contribution in [1.29, 1.82) is 0 Å². The van der Waals surface area contributed by atoms with Crippen molar-refractivity contribution in [2.24, 2.45) is 0 Å². The third kappa shape index (κ3) is 3.42. The van der Waals surface area contributed by atoms with Gasteiger partial charge >= 0.3 is 5.97 Å². The van der Waals surface area contributed by atoms with Gasteiger partial charge in [-0.3, -0.25) is 9.69 Å². The fraction of sp³-hybridized carbons (Fsp3) is 0.192. The Morgan fingerprint density at radius 2 is 1.63 bits per heavy atom. The minimum absolute atomic E-state index is 0.0606. The Kier molecular flexibility index (Phi) is 5.11. The normalized spacial score (nSPS) is 17.9. The summed E-state index contributed by atoms with van der Waals surface area (Å²) in [6.45, 7) is 0.798. The third-order valence-corrected chi connectivity index (χ3v) is 7.03. The standard InChI is InChI=1S/C26H23NO2S/c28-26(29)23-10-6-16-27(23)25(22-17-30-24-11-5-4-9-21(22)24)20-14-12-19(13-15-20)18-7-2-1-3-8-18/h1-5,7-9,11-15,17,23,25H,6,10,16H2,(H,28,29). The molecule has 2 heterocycles. The molecule has 4 aromatic rings. The first-order valence-electron chi connectivity index (χ1n) is 10.3. The molecule has 1 saturated heterocycles. The summed E-state index contributed by atoms with van der Waals surface area (Å²) in [7, 11) is 0. The molecule has 3 nitrogen and oxygen atoms in total. The number of benzene rings is 3. The summed E-state index contributed by atoms with van der Waals surface area (Å²) in [5.41, 5.74) is 4.71. The van der Waals surface area contributed by atoms with Crippen molar-refractivity contribution >= 4 is 27.4 Å². The molecule has 4 heteroatoms. The van der Waals surface area contributed by atoms with Gasteiger partial charge in [0.25, 0.3) is 0 Å². The molecule has 1 fully saturated rings. The van der Waals surface area contributed by atoms with Crippen molar-refractivity contribution < 1.29 is 9.90 Å². The van der Waals surface area contributed by atoms with Crippen molar-refractivity contribution in [1.82, 2.24) is 4.90 Å². The average Bonchev–Trinajstić information content (AvgIpc) is 3.44. The zero-order valence-corrected chi connectivity index (χ0v) is 17.4. The Bertz CT molecular complexity index is 1170.